The van der Waals surface area contributed by atoms with Crippen molar-refractivity contribution in [3.63, 3.8) is 0 Å². The van der Waals surface area contributed by atoms with Crippen LogP contribution in [0.5, 0.6) is 0 Å². The molecule has 0 atom stereocenters. The molecule has 88 valence electrons. The van der Waals surface area contributed by atoms with Crippen molar-refractivity contribution >= 4 is 11.8 Å². The van der Waals surface area contributed by atoms with Crippen molar-refractivity contribution in [2.45, 2.75) is 13.5 Å². The van der Waals surface area contributed by atoms with Crippen molar-refractivity contribution < 1.29 is 0 Å². The second-order valence-corrected chi connectivity index (χ2v) is 4.45. The number of fused-ring (bicyclic) bond motifs is 1. The van der Waals surface area contributed by atoms with Crippen molar-refractivity contribution in [3.05, 3.63) is 71.1 Å². The van der Waals surface area contributed by atoms with Gasteiger partial charge in [0.15, 0.2) is 0 Å². The van der Waals surface area contributed by atoms with E-state index in [9.17, 15) is 0 Å². The standard InChI is InChI=1S/C16H14N2/c1-12-5-6-13-11-18-16(15(13)10-12)8-7-14-4-2-3-9-17-14/h2-10H,11H2,1H3/b8-7+. The minimum absolute atomic E-state index is 0.789. The summed E-state index contributed by atoms with van der Waals surface area (Å²) in [6.45, 7) is 2.90. The Morgan fingerprint density at radius 3 is 2.89 bits per heavy atom. The van der Waals surface area contributed by atoms with Crippen molar-refractivity contribution in [1.82, 2.24) is 4.98 Å². The Labute approximate surface area is 107 Å². The third kappa shape index (κ3) is 2.09. The Morgan fingerprint density at radius 2 is 2.06 bits per heavy atom. The van der Waals surface area contributed by atoms with Crippen LogP contribution in [0.2, 0.25) is 0 Å². The molecule has 0 N–H and O–H groups in total. The van der Waals surface area contributed by atoms with Crippen LogP contribution in [-0.4, -0.2) is 10.7 Å². The Balaban J connectivity index is 1.89. The lowest BCUT2D eigenvalue weighted by Crippen LogP contribution is -1.94. The van der Waals surface area contributed by atoms with Crippen LogP contribution in [0.25, 0.3) is 6.08 Å². The number of hydrogen-bond acceptors (Lipinski definition) is 2. The van der Waals surface area contributed by atoms with Crippen molar-refractivity contribution in [2.24, 2.45) is 4.99 Å². The van der Waals surface area contributed by atoms with Gasteiger partial charge in [0, 0.05) is 11.8 Å². The van der Waals surface area contributed by atoms with E-state index >= 15 is 0 Å². The fraction of sp³-hybridized carbons (Fsp3) is 0.125. The minimum atomic E-state index is 0.789. The monoisotopic (exact) mass is 234 g/mol. The van der Waals surface area contributed by atoms with Gasteiger partial charge in [0.1, 0.15) is 0 Å². The van der Waals surface area contributed by atoms with Gasteiger partial charge in [-0.3, -0.25) is 9.98 Å². The molecule has 2 heterocycles. The van der Waals surface area contributed by atoms with Crippen LogP contribution in [0.15, 0.2) is 53.7 Å². The van der Waals surface area contributed by atoms with Crippen molar-refractivity contribution in [2.75, 3.05) is 0 Å². The van der Waals surface area contributed by atoms with Crippen LogP contribution in [0.4, 0.5) is 0 Å². The number of rotatable bonds is 2. The summed E-state index contributed by atoms with van der Waals surface area (Å²) in [4.78, 5) is 8.83. The first-order chi connectivity index (χ1) is 8.83. The zero-order valence-corrected chi connectivity index (χ0v) is 10.3. The van der Waals surface area contributed by atoms with Gasteiger partial charge in [-0.2, -0.15) is 0 Å². The van der Waals surface area contributed by atoms with Gasteiger partial charge in [-0.05, 0) is 42.8 Å². The Bertz CT molecular complexity index is 625. The van der Waals surface area contributed by atoms with E-state index in [1.165, 1.54) is 16.7 Å². The number of pyridine rings is 1. The molecule has 1 aromatic carbocycles. The molecule has 1 aliphatic rings. The average Bonchev–Trinajstić information content (AvgIpc) is 2.80. The quantitative estimate of drug-likeness (QED) is 0.781. The fourth-order valence-corrected chi connectivity index (χ4v) is 2.10. The van der Waals surface area contributed by atoms with Gasteiger partial charge in [0.05, 0.1) is 18.0 Å². The molecule has 0 radical (unpaired) electrons. The predicted molar refractivity (Wildman–Crippen MR) is 74.7 cm³/mol. The van der Waals surface area contributed by atoms with Crippen LogP contribution < -0.4 is 0 Å². The van der Waals surface area contributed by atoms with E-state index < -0.39 is 0 Å². The zero-order chi connectivity index (χ0) is 12.4. The molecule has 0 fully saturated rings. The summed E-state index contributed by atoms with van der Waals surface area (Å²) in [7, 11) is 0. The third-order valence-corrected chi connectivity index (χ3v) is 3.06. The number of aromatic nitrogens is 1. The molecule has 1 aliphatic heterocycles. The van der Waals surface area contributed by atoms with Crippen LogP contribution >= 0.6 is 0 Å². The normalized spacial score (nSPS) is 13.7. The Morgan fingerprint density at radius 1 is 1.11 bits per heavy atom. The number of nitrogens with zero attached hydrogens (tertiary/aromatic N) is 2. The molecule has 0 bridgehead atoms. The highest BCUT2D eigenvalue weighted by atomic mass is 14.8. The van der Waals surface area contributed by atoms with Crippen LogP contribution in [0.3, 0.4) is 0 Å². The molecule has 2 nitrogen and oxygen atoms in total. The maximum atomic E-state index is 4.56. The Kier molecular flexibility index (Phi) is 2.77. The number of hydrogen-bond donors (Lipinski definition) is 0. The minimum Gasteiger partial charge on any atom is -0.280 e. The number of aliphatic imine (C=N–C) groups is 1. The number of aryl methyl sites for hydroxylation is 1. The zero-order valence-electron chi connectivity index (χ0n) is 10.3. The van der Waals surface area contributed by atoms with Crippen LogP contribution in [0.1, 0.15) is 22.4 Å². The van der Waals surface area contributed by atoms with Gasteiger partial charge in [0.2, 0.25) is 0 Å². The first kappa shape index (κ1) is 10.9. The fourth-order valence-electron chi connectivity index (χ4n) is 2.10. The molecule has 0 spiro atoms. The lowest BCUT2D eigenvalue weighted by Gasteiger charge is -2.00. The molecule has 2 heteroatoms. The van der Waals surface area contributed by atoms with E-state index in [1.54, 1.807) is 6.20 Å². The molecule has 2 aromatic rings. The molecule has 1 aromatic heterocycles. The lowest BCUT2D eigenvalue weighted by molar-refractivity contribution is 1.11. The lowest BCUT2D eigenvalue weighted by atomic mass is 10.0. The molecule has 0 amide bonds. The summed E-state index contributed by atoms with van der Waals surface area (Å²) in [5.41, 5.74) is 5.85. The molecule has 0 saturated carbocycles. The summed E-state index contributed by atoms with van der Waals surface area (Å²) < 4.78 is 0. The van der Waals surface area contributed by atoms with Gasteiger partial charge in [-0.15, -0.1) is 0 Å². The highest BCUT2D eigenvalue weighted by Crippen LogP contribution is 2.21. The summed E-state index contributed by atoms with van der Waals surface area (Å²) >= 11 is 0. The smallest absolute Gasteiger partial charge is 0.0655 e. The molecule has 3 rings (SSSR count). The first-order valence-electron chi connectivity index (χ1n) is 6.06. The van der Waals surface area contributed by atoms with E-state index in [0.29, 0.717) is 0 Å². The second kappa shape index (κ2) is 4.57. The summed E-state index contributed by atoms with van der Waals surface area (Å²) in [6.07, 6.45) is 5.86. The highest BCUT2D eigenvalue weighted by molar-refractivity contribution is 6.13. The second-order valence-electron chi connectivity index (χ2n) is 4.45. The van der Waals surface area contributed by atoms with E-state index in [-0.39, 0.29) is 0 Å². The van der Waals surface area contributed by atoms with E-state index in [0.717, 1.165) is 18.0 Å². The van der Waals surface area contributed by atoms with Crippen LogP contribution in [-0.2, 0) is 6.54 Å². The predicted octanol–water partition coefficient (Wildman–Crippen LogP) is 3.41. The SMILES string of the molecule is Cc1ccc2c(c1)C(/C=C/c1ccccn1)=NC2. The van der Waals surface area contributed by atoms with Gasteiger partial charge in [0.25, 0.3) is 0 Å². The van der Waals surface area contributed by atoms with Crippen molar-refractivity contribution in [3.8, 4) is 0 Å². The summed E-state index contributed by atoms with van der Waals surface area (Å²) in [5, 5.41) is 0. The van der Waals surface area contributed by atoms with Crippen LogP contribution in [0, 0.1) is 6.92 Å². The molecular weight excluding hydrogens is 220 g/mol. The van der Waals surface area contributed by atoms with E-state index in [4.69, 9.17) is 0 Å². The molecule has 0 aliphatic carbocycles. The number of allylic oxidation sites excluding steroid dienone is 1. The highest BCUT2D eigenvalue weighted by Gasteiger charge is 2.12. The maximum Gasteiger partial charge on any atom is 0.0655 e. The van der Waals surface area contributed by atoms with E-state index in [2.05, 4.69) is 35.1 Å². The molecule has 0 unspecified atom stereocenters. The average molecular weight is 234 g/mol. The van der Waals surface area contributed by atoms with Crippen molar-refractivity contribution in [1.29, 1.82) is 0 Å². The third-order valence-electron chi connectivity index (χ3n) is 3.06. The Hall–Kier alpha value is -2.22. The molecule has 18 heavy (non-hydrogen) atoms. The van der Waals surface area contributed by atoms with E-state index in [1.807, 2.05) is 30.4 Å². The largest absolute Gasteiger partial charge is 0.280 e. The summed E-state index contributed by atoms with van der Waals surface area (Å²) in [5.74, 6) is 0. The first-order valence-corrected chi connectivity index (χ1v) is 6.06. The van der Waals surface area contributed by atoms with Gasteiger partial charge < -0.3 is 0 Å². The topological polar surface area (TPSA) is 25.2 Å². The molecule has 0 saturated heterocycles. The summed E-state index contributed by atoms with van der Waals surface area (Å²) in [6, 6.07) is 12.4. The van der Waals surface area contributed by atoms with Gasteiger partial charge >= 0.3 is 0 Å². The van der Waals surface area contributed by atoms with Gasteiger partial charge in [-0.1, -0.05) is 23.8 Å². The number of benzene rings is 1. The van der Waals surface area contributed by atoms with Gasteiger partial charge in [-0.25, -0.2) is 0 Å². The molecular formula is C16H14N2. The maximum absolute atomic E-state index is 4.56.